The van der Waals surface area contributed by atoms with E-state index in [0.29, 0.717) is 11.7 Å². The summed E-state index contributed by atoms with van der Waals surface area (Å²) in [5.41, 5.74) is 0.757. The number of likely N-dealkylation sites (tertiary alicyclic amines) is 1. The molecular formula is C12H17ClN4O2. The Morgan fingerprint density at radius 2 is 2.16 bits per heavy atom. The molecule has 0 amide bonds. The van der Waals surface area contributed by atoms with E-state index in [1.165, 1.54) is 7.11 Å². The average Bonchev–Trinajstić information content (AvgIpc) is 2.41. The Labute approximate surface area is 117 Å². The number of hydrogen-bond donors (Lipinski definition) is 1. The van der Waals surface area contributed by atoms with Gasteiger partial charge in [0.25, 0.3) is 0 Å². The fourth-order valence-electron chi connectivity index (χ4n) is 2.10. The van der Waals surface area contributed by atoms with Crippen LogP contribution in [0.2, 0.25) is 5.15 Å². The summed E-state index contributed by atoms with van der Waals surface area (Å²) in [6.07, 6.45) is 2.02. The molecule has 1 aromatic rings. The Bertz CT molecular complexity index is 461. The summed E-state index contributed by atoms with van der Waals surface area (Å²) in [5, 5.41) is 11.0. The van der Waals surface area contributed by atoms with Gasteiger partial charge < -0.3 is 15.0 Å². The van der Waals surface area contributed by atoms with Gasteiger partial charge in [0.2, 0.25) is 0 Å². The Hall–Kier alpha value is -1.40. The second-order valence-electron chi connectivity index (χ2n) is 4.64. The lowest BCUT2D eigenvalue weighted by Gasteiger charge is -2.30. The zero-order valence-electron chi connectivity index (χ0n) is 11.0. The van der Waals surface area contributed by atoms with Crippen LogP contribution >= 0.6 is 11.6 Å². The first-order valence-corrected chi connectivity index (χ1v) is 6.54. The van der Waals surface area contributed by atoms with Crippen LogP contribution in [0.3, 0.4) is 0 Å². The van der Waals surface area contributed by atoms with E-state index in [9.17, 15) is 4.79 Å². The number of nitrogens with one attached hydrogen (secondary N) is 1. The third-order valence-electron chi connectivity index (χ3n) is 3.22. The van der Waals surface area contributed by atoms with Gasteiger partial charge in [0.15, 0.2) is 10.8 Å². The molecule has 0 aromatic carbocycles. The Kier molecular flexibility index (Phi) is 4.55. The lowest BCUT2D eigenvalue weighted by molar-refractivity contribution is 0.0594. The maximum absolute atomic E-state index is 11.6. The van der Waals surface area contributed by atoms with Crippen LogP contribution in [0, 0.1) is 0 Å². The number of ether oxygens (including phenoxy) is 1. The molecule has 0 saturated carbocycles. The highest BCUT2D eigenvalue weighted by atomic mass is 35.5. The Morgan fingerprint density at radius 1 is 1.47 bits per heavy atom. The van der Waals surface area contributed by atoms with Gasteiger partial charge in [-0.25, -0.2) is 4.79 Å². The summed E-state index contributed by atoms with van der Waals surface area (Å²) < 4.78 is 4.69. The van der Waals surface area contributed by atoms with Crippen molar-refractivity contribution in [1.29, 1.82) is 0 Å². The largest absolute Gasteiger partial charge is 0.464 e. The van der Waals surface area contributed by atoms with Gasteiger partial charge in [-0.2, -0.15) is 0 Å². The smallest absolute Gasteiger partial charge is 0.360 e. The van der Waals surface area contributed by atoms with Gasteiger partial charge in [-0.3, -0.25) is 0 Å². The zero-order valence-corrected chi connectivity index (χ0v) is 11.8. The molecule has 104 valence electrons. The fraction of sp³-hybridized carbons (Fsp3) is 0.583. The highest BCUT2D eigenvalue weighted by molar-refractivity contribution is 6.29. The van der Waals surface area contributed by atoms with Crippen molar-refractivity contribution in [2.75, 3.05) is 32.6 Å². The van der Waals surface area contributed by atoms with E-state index in [1.807, 2.05) is 0 Å². The first-order valence-electron chi connectivity index (χ1n) is 6.16. The van der Waals surface area contributed by atoms with Crippen molar-refractivity contribution in [3.63, 3.8) is 0 Å². The number of methoxy groups -OCH3 is 1. The van der Waals surface area contributed by atoms with Gasteiger partial charge in [-0.1, -0.05) is 11.6 Å². The van der Waals surface area contributed by atoms with Crippen molar-refractivity contribution in [2.24, 2.45) is 0 Å². The second kappa shape index (κ2) is 6.16. The molecular weight excluding hydrogens is 268 g/mol. The number of carbonyl (C=O) groups excluding carboxylic acids is 1. The number of esters is 1. The number of halogens is 1. The van der Waals surface area contributed by atoms with Crippen molar-refractivity contribution >= 4 is 23.3 Å². The van der Waals surface area contributed by atoms with Crippen molar-refractivity contribution in [3.05, 3.63) is 16.9 Å². The molecule has 7 heteroatoms. The molecule has 0 atom stereocenters. The van der Waals surface area contributed by atoms with Gasteiger partial charge >= 0.3 is 5.97 Å². The van der Waals surface area contributed by atoms with Crippen LogP contribution in [0.5, 0.6) is 0 Å². The van der Waals surface area contributed by atoms with Crippen LogP contribution in [-0.2, 0) is 4.74 Å². The standard InChI is InChI=1S/C12H17ClN4O2/c1-17-5-3-8(4-6-17)14-9-7-10(13)15-16-11(9)12(18)19-2/h7-8H,3-6H2,1-2H3,(H,14,15). The van der Waals surface area contributed by atoms with Gasteiger partial charge in [0.05, 0.1) is 12.8 Å². The van der Waals surface area contributed by atoms with Crippen LogP contribution in [-0.4, -0.2) is 54.4 Å². The minimum absolute atomic E-state index is 0.172. The van der Waals surface area contributed by atoms with Crippen molar-refractivity contribution in [2.45, 2.75) is 18.9 Å². The fourth-order valence-corrected chi connectivity index (χ4v) is 2.25. The number of aromatic nitrogens is 2. The summed E-state index contributed by atoms with van der Waals surface area (Å²) in [6.45, 7) is 2.05. The average molecular weight is 285 g/mol. The van der Waals surface area contributed by atoms with Gasteiger partial charge in [-0.05, 0) is 33.0 Å². The topological polar surface area (TPSA) is 67.3 Å². The maximum Gasteiger partial charge on any atom is 0.360 e. The minimum atomic E-state index is -0.514. The molecule has 2 heterocycles. The summed E-state index contributed by atoms with van der Waals surface area (Å²) >= 11 is 5.83. The van der Waals surface area contributed by atoms with Crippen LogP contribution in [0.25, 0.3) is 0 Å². The molecule has 1 fully saturated rings. The van der Waals surface area contributed by atoms with E-state index in [-0.39, 0.29) is 10.8 Å². The number of nitrogens with zero attached hydrogens (tertiary/aromatic N) is 3. The molecule has 1 aromatic heterocycles. The van der Waals surface area contributed by atoms with Crippen LogP contribution in [0.15, 0.2) is 6.07 Å². The number of hydrogen-bond acceptors (Lipinski definition) is 6. The second-order valence-corrected chi connectivity index (χ2v) is 5.03. The zero-order chi connectivity index (χ0) is 13.8. The van der Waals surface area contributed by atoms with E-state index < -0.39 is 5.97 Å². The number of piperidine rings is 1. The number of carbonyl (C=O) groups is 1. The Morgan fingerprint density at radius 3 is 2.79 bits per heavy atom. The molecule has 0 radical (unpaired) electrons. The van der Waals surface area contributed by atoms with E-state index in [1.54, 1.807) is 6.07 Å². The Balaban J connectivity index is 2.14. The van der Waals surface area contributed by atoms with E-state index >= 15 is 0 Å². The monoisotopic (exact) mass is 284 g/mol. The van der Waals surface area contributed by atoms with Crippen molar-refractivity contribution in [3.8, 4) is 0 Å². The van der Waals surface area contributed by atoms with Crippen LogP contribution < -0.4 is 5.32 Å². The molecule has 1 aliphatic heterocycles. The van der Waals surface area contributed by atoms with Crippen LogP contribution in [0.4, 0.5) is 5.69 Å². The summed E-state index contributed by atoms with van der Waals surface area (Å²) in [6, 6.07) is 1.92. The molecule has 2 rings (SSSR count). The van der Waals surface area contributed by atoms with Crippen molar-refractivity contribution in [1.82, 2.24) is 15.1 Å². The molecule has 1 saturated heterocycles. The van der Waals surface area contributed by atoms with E-state index in [0.717, 1.165) is 25.9 Å². The van der Waals surface area contributed by atoms with Gasteiger partial charge in [0, 0.05) is 12.1 Å². The first-order chi connectivity index (χ1) is 9.10. The highest BCUT2D eigenvalue weighted by Crippen LogP contribution is 2.21. The summed E-state index contributed by atoms with van der Waals surface area (Å²) in [7, 11) is 3.42. The van der Waals surface area contributed by atoms with Crippen LogP contribution in [0.1, 0.15) is 23.3 Å². The van der Waals surface area contributed by atoms with Crippen molar-refractivity contribution < 1.29 is 9.53 Å². The highest BCUT2D eigenvalue weighted by Gasteiger charge is 2.21. The lowest BCUT2D eigenvalue weighted by atomic mass is 10.1. The quantitative estimate of drug-likeness (QED) is 0.847. The third kappa shape index (κ3) is 3.54. The molecule has 0 spiro atoms. The number of anilines is 1. The number of rotatable bonds is 3. The molecule has 19 heavy (non-hydrogen) atoms. The predicted molar refractivity (Wildman–Crippen MR) is 72.5 cm³/mol. The molecule has 0 bridgehead atoms. The third-order valence-corrected chi connectivity index (χ3v) is 3.41. The maximum atomic E-state index is 11.6. The summed E-state index contributed by atoms with van der Waals surface area (Å²) in [4.78, 5) is 13.9. The van der Waals surface area contributed by atoms with E-state index in [2.05, 4.69) is 27.5 Å². The molecule has 0 aliphatic carbocycles. The SMILES string of the molecule is COC(=O)c1nnc(Cl)cc1NC1CCN(C)CC1. The summed E-state index contributed by atoms with van der Waals surface area (Å²) in [5.74, 6) is -0.514. The predicted octanol–water partition coefficient (Wildman–Crippen LogP) is 1.42. The lowest BCUT2D eigenvalue weighted by Crippen LogP contribution is -2.37. The minimum Gasteiger partial charge on any atom is -0.464 e. The normalized spacial score (nSPS) is 17.2. The molecule has 1 aliphatic rings. The van der Waals surface area contributed by atoms with Gasteiger partial charge in [0.1, 0.15) is 0 Å². The van der Waals surface area contributed by atoms with E-state index in [4.69, 9.17) is 16.3 Å². The van der Waals surface area contributed by atoms with Gasteiger partial charge in [-0.15, -0.1) is 10.2 Å². The first kappa shape index (κ1) is 14.0. The molecule has 6 nitrogen and oxygen atoms in total. The molecule has 0 unspecified atom stereocenters. The molecule has 1 N–H and O–H groups in total.